The second-order valence-electron chi connectivity index (χ2n) is 5.78. The molecule has 2 rings (SSSR count). The van der Waals surface area contributed by atoms with Crippen molar-refractivity contribution in [2.45, 2.75) is 45.7 Å². The Balaban J connectivity index is 1.94. The van der Waals surface area contributed by atoms with Crippen molar-refractivity contribution in [3.63, 3.8) is 0 Å². The quantitative estimate of drug-likeness (QED) is 0.870. The molecule has 0 amide bonds. The van der Waals surface area contributed by atoms with Crippen molar-refractivity contribution in [1.29, 1.82) is 0 Å². The summed E-state index contributed by atoms with van der Waals surface area (Å²) in [6, 6.07) is 0.213. The highest BCUT2D eigenvalue weighted by molar-refractivity contribution is 7.88. The van der Waals surface area contributed by atoms with Gasteiger partial charge in [-0.3, -0.25) is 0 Å². The summed E-state index contributed by atoms with van der Waals surface area (Å²) in [5.41, 5.74) is 0. The molecule has 0 aliphatic carbocycles. The third-order valence-corrected chi connectivity index (χ3v) is 5.24. The van der Waals surface area contributed by atoms with E-state index in [1.807, 2.05) is 13.8 Å². The normalized spacial score (nSPS) is 25.9. The molecule has 1 aromatic rings. The Hall–Kier alpha value is -0.990. The lowest BCUT2D eigenvalue weighted by molar-refractivity contribution is 0.200. The third kappa shape index (κ3) is 4.02. The first kappa shape index (κ1) is 16.4. The maximum absolute atomic E-state index is 11.6. The molecule has 3 atom stereocenters. The van der Waals surface area contributed by atoms with Gasteiger partial charge in [0.25, 0.3) is 0 Å². The minimum atomic E-state index is -3.10. The highest BCUT2D eigenvalue weighted by Crippen LogP contribution is 2.22. The summed E-state index contributed by atoms with van der Waals surface area (Å²) in [6.07, 6.45) is 2.80. The fourth-order valence-corrected chi connectivity index (χ4v) is 3.58. The van der Waals surface area contributed by atoms with Gasteiger partial charge in [0, 0.05) is 25.6 Å². The van der Waals surface area contributed by atoms with Crippen LogP contribution in [0.15, 0.2) is 4.52 Å². The molecule has 21 heavy (non-hydrogen) atoms. The molecule has 8 heteroatoms. The summed E-state index contributed by atoms with van der Waals surface area (Å²) in [5, 5.41) is 7.38. The van der Waals surface area contributed by atoms with Crippen LogP contribution in [0.1, 0.15) is 44.9 Å². The van der Waals surface area contributed by atoms with E-state index in [9.17, 15) is 8.42 Å². The summed E-state index contributed by atoms with van der Waals surface area (Å²) in [6.45, 7) is 7.14. The fourth-order valence-electron chi connectivity index (χ4n) is 2.64. The van der Waals surface area contributed by atoms with Crippen LogP contribution in [-0.2, 0) is 16.4 Å². The molecule has 1 aromatic heterocycles. The average Bonchev–Trinajstić information content (AvgIpc) is 2.88. The van der Waals surface area contributed by atoms with Gasteiger partial charge < -0.3 is 9.84 Å². The van der Waals surface area contributed by atoms with Crippen molar-refractivity contribution in [3.8, 4) is 0 Å². The fraction of sp³-hybridized carbons (Fsp3) is 0.846. The van der Waals surface area contributed by atoms with Gasteiger partial charge in [0.05, 0.1) is 12.3 Å². The molecule has 1 N–H and O–H groups in total. The van der Waals surface area contributed by atoms with Crippen LogP contribution in [0.4, 0.5) is 0 Å². The Kier molecular flexibility index (Phi) is 5.00. The van der Waals surface area contributed by atoms with E-state index in [4.69, 9.17) is 4.52 Å². The number of piperidine rings is 1. The molecule has 2 heterocycles. The van der Waals surface area contributed by atoms with Crippen LogP contribution in [-0.4, -0.2) is 48.3 Å². The number of aromatic nitrogens is 2. The van der Waals surface area contributed by atoms with Crippen LogP contribution in [0, 0.1) is 5.92 Å². The van der Waals surface area contributed by atoms with E-state index >= 15 is 0 Å². The molecule has 1 saturated heterocycles. The van der Waals surface area contributed by atoms with Gasteiger partial charge >= 0.3 is 0 Å². The highest BCUT2D eigenvalue weighted by atomic mass is 32.2. The maximum Gasteiger partial charge on any atom is 0.243 e. The molecule has 1 aliphatic heterocycles. The number of nitrogens with zero attached hydrogens (tertiary/aromatic N) is 3. The first-order chi connectivity index (χ1) is 9.81. The summed E-state index contributed by atoms with van der Waals surface area (Å²) in [7, 11) is -3.10. The molecule has 7 nitrogen and oxygen atoms in total. The van der Waals surface area contributed by atoms with Crippen LogP contribution in [0.2, 0.25) is 0 Å². The lowest BCUT2D eigenvalue weighted by Gasteiger charge is -2.36. The van der Waals surface area contributed by atoms with E-state index in [0.29, 0.717) is 24.8 Å². The first-order valence-corrected chi connectivity index (χ1v) is 9.19. The van der Waals surface area contributed by atoms with Crippen LogP contribution in [0.25, 0.3) is 0 Å². The van der Waals surface area contributed by atoms with E-state index in [1.165, 1.54) is 6.26 Å². The van der Waals surface area contributed by atoms with Crippen molar-refractivity contribution >= 4 is 10.0 Å². The number of hydrogen-bond acceptors (Lipinski definition) is 6. The molecule has 0 spiro atoms. The van der Waals surface area contributed by atoms with Crippen LogP contribution in [0.5, 0.6) is 0 Å². The standard InChI is InChI=1S/C13H24N4O3S/c1-5-12-15-13(20-16-12)10(3)14-11-6-7-17(8-9(11)2)21(4,18)19/h9-11,14H,5-8H2,1-4H3/t9-,10-,11-/m0/s1. The molecule has 0 saturated carbocycles. The zero-order valence-electron chi connectivity index (χ0n) is 13.0. The van der Waals surface area contributed by atoms with Gasteiger partial charge in [0.2, 0.25) is 15.9 Å². The Morgan fingerprint density at radius 2 is 2.24 bits per heavy atom. The molecule has 0 aromatic carbocycles. The van der Waals surface area contributed by atoms with E-state index in [0.717, 1.165) is 12.8 Å². The van der Waals surface area contributed by atoms with Crippen molar-refractivity contribution in [3.05, 3.63) is 11.7 Å². The number of nitrogens with one attached hydrogen (secondary N) is 1. The monoisotopic (exact) mass is 316 g/mol. The molecular weight excluding hydrogens is 292 g/mol. The van der Waals surface area contributed by atoms with Crippen LogP contribution in [0.3, 0.4) is 0 Å². The van der Waals surface area contributed by atoms with E-state index in [1.54, 1.807) is 4.31 Å². The topological polar surface area (TPSA) is 88.3 Å². The first-order valence-electron chi connectivity index (χ1n) is 7.35. The van der Waals surface area contributed by atoms with Crippen molar-refractivity contribution < 1.29 is 12.9 Å². The van der Waals surface area contributed by atoms with Crippen LogP contribution >= 0.6 is 0 Å². The smallest absolute Gasteiger partial charge is 0.243 e. The van der Waals surface area contributed by atoms with Crippen molar-refractivity contribution in [1.82, 2.24) is 19.8 Å². The largest absolute Gasteiger partial charge is 0.338 e. The summed E-state index contributed by atoms with van der Waals surface area (Å²) >= 11 is 0. The van der Waals surface area contributed by atoms with E-state index < -0.39 is 10.0 Å². The molecule has 0 radical (unpaired) electrons. The molecule has 0 bridgehead atoms. The SMILES string of the molecule is CCc1noc([C@H](C)N[C@H]2CCN(S(C)(=O)=O)C[C@@H]2C)n1. The number of aryl methyl sites for hydroxylation is 1. The van der Waals surface area contributed by atoms with Gasteiger partial charge in [0.15, 0.2) is 5.82 Å². The predicted molar refractivity (Wildman–Crippen MR) is 79.2 cm³/mol. The molecule has 1 aliphatic rings. The molecule has 120 valence electrons. The second-order valence-corrected chi connectivity index (χ2v) is 7.77. The van der Waals surface area contributed by atoms with Gasteiger partial charge in [-0.25, -0.2) is 12.7 Å². The predicted octanol–water partition coefficient (Wildman–Crippen LogP) is 0.953. The van der Waals surface area contributed by atoms with Gasteiger partial charge in [-0.15, -0.1) is 0 Å². The summed E-state index contributed by atoms with van der Waals surface area (Å²) < 4.78 is 30.0. The summed E-state index contributed by atoms with van der Waals surface area (Å²) in [4.78, 5) is 4.33. The Morgan fingerprint density at radius 3 is 2.76 bits per heavy atom. The lowest BCUT2D eigenvalue weighted by atomic mass is 9.94. The van der Waals surface area contributed by atoms with Gasteiger partial charge in [-0.2, -0.15) is 4.98 Å². The minimum Gasteiger partial charge on any atom is -0.338 e. The van der Waals surface area contributed by atoms with Gasteiger partial charge in [0.1, 0.15) is 0 Å². The number of hydrogen-bond donors (Lipinski definition) is 1. The van der Waals surface area contributed by atoms with Crippen molar-refractivity contribution in [2.24, 2.45) is 5.92 Å². The Labute approximate surface area is 126 Å². The average molecular weight is 316 g/mol. The van der Waals surface area contributed by atoms with E-state index in [2.05, 4.69) is 22.4 Å². The van der Waals surface area contributed by atoms with Crippen molar-refractivity contribution in [2.75, 3.05) is 19.3 Å². The maximum atomic E-state index is 11.6. The molecular formula is C13H24N4O3S. The zero-order valence-corrected chi connectivity index (χ0v) is 13.9. The third-order valence-electron chi connectivity index (χ3n) is 3.97. The Morgan fingerprint density at radius 1 is 1.52 bits per heavy atom. The highest BCUT2D eigenvalue weighted by Gasteiger charge is 2.31. The molecule has 0 unspecified atom stereocenters. The Bertz CT molecular complexity index is 572. The molecule has 1 fully saturated rings. The zero-order chi connectivity index (χ0) is 15.6. The second kappa shape index (κ2) is 6.41. The number of sulfonamides is 1. The lowest BCUT2D eigenvalue weighted by Crippen LogP contribution is -2.50. The van der Waals surface area contributed by atoms with Gasteiger partial charge in [-0.05, 0) is 19.3 Å². The summed E-state index contributed by atoms with van der Waals surface area (Å²) in [5.74, 6) is 1.53. The van der Waals surface area contributed by atoms with Crippen LogP contribution < -0.4 is 5.32 Å². The van der Waals surface area contributed by atoms with E-state index in [-0.39, 0.29) is 18.0 Å². The van der Waals surface area contributed by atoms with Gasteiger partial charge in [-0.1, -0.05) is 19.0 Å². The minimum absolute atomic E-state index is 0.0324. The number of rotatable bonds is 5.